The van der Waals surface area contributed by atoms with Gasteiger partial charge in [0.1, 0.15) is 11.3 Å². The van der Waals surface area contributed by atoms with Crippen LogP contribution in [0.1, 0.15) is 31.9 Å². The Morgan fingerprint density at radius 2 is 2.62 bits per heavy atom. The van der Waals surface area contributed by atoms with Crippen molar-refractivity contribution < 1.29 is 5.11 Å². The molecular weight excluding hydrogens is 250 g/mol. The van der Waals surface area contributed by atoms with E-state index in [1.54, 1.807) is 0 Å². The predicted molar refractivity (Wildman–Crippen MR) is 56.7 cm³/mol. The summed E-state index contributed by atoms with van der Waals surface area (Å²) >= 11 is 4.80. The standard InChI is InChI=1S/C9H12BrNOS/c1-2-3-6-4-9(6,12)8-7(10)5-13-11-8/h5-6,12H,2-4H2,1H3. The second-order valence-electron chi connectivity index (χ2n) is 3.63. The lowest BCUT2D eigenvalue weighted by Crippen LogP contribution is -2.09. The average Bonchev–Trinajstić information content (AvgIpc) is 2.56. The third-order valence-corrected chi connectivity index (χ3v) is 4.18. The smallest absolute Gasteiger partial charge is 0.112 e. The predicted octanol–water partition coefficient (Wildman–Crippen LogP) is 2.91. The fourth-order valence-corrected chi connectivity index (χ4v) is 3.23. The monoisotopic (exact) mass is 261 g/mol. The molecular formula is C9H12BrNOS. The molecule has 1 saturated carbocycles. The van der Waals surface area contributed by atoms with E-state index in [2.05, 4.69) is 27.2 Å². The lowest BCUT2D eigenvalue weighted by Gasteiger charge is -2.06. The highest BCUT2D eigenvalue weighted by atomic mass is 79.9. The van der Waals surface area contributed by atoms with Crippen molar-refractivity contribution in [3.05, 3.63) is 15.5 Å². The maximum Gasteiger partial charge on any atom is 0.112 e. The van der Waals surface area contributed by atoms with Crippen LogP contribution in [0.5, 0.6) is 0 Å². The molecule has 0 amide bonds. The zero-order valence-electron chi connectivity index (χ0n) is 7.46. The Bertz CT molecular complexity index is 314. The normalized spacial score (nSPS) is 32.1. The molecule has 1 aliphatic carbocycles. The van der Waals surface area contributed by atoms with Crippen LogP contribution in [0.4, 0.5) is 0 Å². The van der Waals surface area contributed by atoms with E-state index in [0.717, 1.165) is 29.4 Å². The van der Waals surface area contributed by atoms with E-state index >= 15 is 0 Å². The van der Waals surface area contributed by atoms with E-state index in [1.165, 1.54) is 11.5 Å². The minimum Gasteiger partial charge on any atom is -0.383 e. The van der Waals surface area contributed by atoms with Crippen molar-refractivity contribution in [3.63, 3.8) is 0 Å². The first-order valence-corrected chi connectivity index (χ1v) is 6.14. The van der Waals surface area contributed by atoms with E-state index in [-0.39, 0.29) is 0 Å². The van der Waals surface area contributed by atoms with Gasteiger partial charge >= 0.3 is 0 Å². The summed E-state index contributed by atoms with van der Waals surface area (Å²) in [6, 6.07) is 0. The van der Waals surface area contributed by atoms with Gasteiger partial charge in [0, 0.05) is 5.38 Å². The van der Waals surface area contributed by atoms with Crippen LogP contribution in [-0.2, 0) is 5.60 Å². The number of nitrogens with zero attached hydrogens (tertiary/aromatic N) is 1. The second kappa shape index (κ2) is 3.33. The van der Waals surface area contributed by atoms with Crippen LogP contribution in [0, 0.1) is 5.92 Å². The number of halogens is 1. The summed E-state index contributed by atoms with van der Waals surface area (Å²) in [5.74, 6) is 0.427. The highest BCUT2D eigenvalue weighted by molar-refractivity contribution is 9.10. The summed E-state index contributed by atoms with van der Waals surface area (Å²) in [6.07, 6.45) is 3.11. The molecule has 1 aliphatic rings. The number of hydrogen-bond donors (Lipinski definition) is 1. The second-order valence-corrected chi connectivity index (χ2v) is 5.11. The van der Waals surface area contributed by atoms with Gasteiger partial charge in [-0.05, 0) is 46.2 Å². The van der Waals surface area contributed by atoms with E-state index in [0.29, 0.717) is 5.92 Å². The van der Waals surface area contributed by atoms with Crippen LogP contribution < -0.4 is 0 Å². The van der Waals surface area contributed by atoms with Crippen molar-refractivity contribution in [1.82, 2.24) is 4.37 Å². The van der Waals surface area contributed by atoms with Gasteiger partial charge in [-0.15, -0.1) is 0 Å². The summed E-state index contributed by atoms with van der Waals surface area (Å²) in [6.45, 7) is 2.15. The van der Waals surface area contributed by atoms with Gasteiger partial charge in [0.15, 0.2) is 0 Å². The Morgan fingerprint density at radius 1 is 1.85 bits per heavy atom. The van der Waals surface area contributed by atoms with Gasteiger partial charge in [-0.2, -0.15) is 4.37 Å². The van der Waals surface area contributed by atoms with Crippen LogP contribution in [0.3, 0.4) is 0 Å². The van der Waals surface area contributed by atoms with E-state index < -0.39 is 5.60 Å². The highest BCUT2D eigenvalue weighted by Gasteiger charge is 2.55. The molecule has 0 aromatic carbocycles. The van der Waals surface area contributed by atoms with Gasteiger partial charge in [0.05, 0.1) is 4.47 Å². The van der Waals surface area contributed by atoms with Gasteiger partial charge in [0.2, 0.25) is 0 Å². The molecule has 1 fully saturated rings. The van der Waals surface area contributed by atoms with Gasteiger partial charge in [-0.25, -0.2) is 0 Å². The van der Waals surface area contributed by atoms with E-state index in [4.69, 9.17) is 0 Å². The minimum atomic E-state index is -0.616. The summed E-state index contributed by atoms with van der Waals surface area (Å²) in [4.78, 5) is 0. The molecule has 2 atom stereocenters. The van der Waals surface area contributed by atoms with Crippen LogP contribution in [0.15, 0.2) is 9.85 Å². The molecule has 0 spiro atoms. The van der Waals surface area contributed by atoms with Gasteiger partial charge in [0.25, 0.3) is 0 Å². The molecule has 0 bridgehead atoms. The van der Waals surface area contributed by atoms with Crippen LogP contribution in [0.25, 0.3) is 0 Å². The molecule has 1 N–H and O–H groups in total. The molecule has 13 heavy (non-hydrogen) atoms. The zero-order valence-corrected chi connectivity index (χ0v) is 9.86. The molecule has 1 aromatic heterocycles. The quantitative estimate of drug-likeness (QED) is 0.908. The van der Waals surface area contributed by atoms with Crippen molar-refractivity contribution in [2.75, 3.05) is 0 Å². The first-order chi connectivity index (χ1) is 6.18. The largest absolute Gasteiger partial charge is 0.383 e. The van der Waals surface area contributed by atoms with Crippen molar-refractivity contribution in [2.45, 2.75) is 31.8 Å². The molecule has 72 valence electrons. The maximum atomic E-state index is 10.2. The Kier molecular flexibility index (Phi) is 2.47. The fraction of sp³-hybridized carbons (Fsp3) is 0.667. The number of aliphatic hydroxyl groups is 1. The third-order valence-electron chi connectivity index (χ3n) is 2.65. The lowest BCUT2D eigenvalue weighted by molar-refractivity contribution is 0.124. The van der Waals surface area contributed by atoms with Crippen LogP contribution in [0.2, 0.25) is 0 Å². The molecule has 0 saturated heterocycles. The summed E-state index contributed by atoms with van der Waals surface area (Å²) in [7, 11) is 0. The molecule has 4 heteroatoms. The first-order valence-electron chi connectivity index (χ1n) is 4.51. The van der Waals surface area contributed by atoms with Crippen molar-refractivity contribution >= 4 is 27.5 Å². The Balaban J connectivity index is 2.15. The summed E-state index contributed by atoms with van der Waals surface area (Å²) in [5, 5.41) is 12.1. The van der Waals surface area contributed by atoms with Crippen LogP contribution in [-0.4, -0.2) is 9.48 Å². The SMILES string of the molecule is CCCC1CC1(O)c1nscc1Br. The average molecular weight is 262 g/mol. The van der Waals surface area contributed by atoms with Gasteiger partial charge < -0.3 is 5.11 Å². The Morgan fingerprint density at radius 3 is 3.15 bits per heavy atom. The lowest BCUT2D eigenvalue weighted by atomic mass is 10.1. The van der Waals surface area contributed by atoms with Crippen LogP contribution >= 0.6 is 27.5 Å². The van der Waals surface area contributed by atoms with Gasteiger partial charge in [-0.3, -0.25) is 0 Å². The first kappa shape index (κ1) is 9.62. The Labute approximate surface area is 90.3 Å². The van der Waals surface area contributed by atoms with Gasteiger partial charge in [-0.1, -0.05) is 13.3 Å². The Hall–Kier alpha value is 0.0700. The molecule has 1 heterocycles. The van der Waals surface area contributed by atoms with Crippen molar-refractivity contribution in [2.24, 2.45) is 5.92 Å². The van der Waals surface area contributed by atoms with Crippen molar-refractivity contribution in [1.29, 1.82) is 0 Å². The van der Waals surface area contributed by atoms with E-state index in [9.17, 15) is 5.11 Å². The minimum absolute atomic E-state index is 0.427. The highest BCUT2D eigenvalue weighted by Crippen LogP contribution is 2.55. The topological polar surface area (TPSA) is 33.1 Å². The fourth-order valence-electron chi connectivity index (χ4n) is 1.81. The third kappa shape index (κ3) is 1.55. The summed E-state index contributed by atoms with van der Waals surface area (Å²) in [5.41, 5.74) is 0.227. The number of rotatable bonds is 3. The van der Waals surface area contributed by atoms with Crippen molar-refractivity contribution in [3.8, 4) is 0 Å². The molecule has 2 nitrogen and oxygen atoms in total. The molecule has 0 aliphatic heterocycles. The zero-order chi connectivity index (χ0) is 9.47. The molecule has 2 unspecified atom stereocenters. The van der Waals surface area contributed by atoms with E-state index in [1.807, 2.05) is 5.38 Å². The number of hydrogen-bond acceptors (Lipinski definition) is 3. The summed E-state index contributed by atoms with van der Waals surface area (Å²) < 4.78 is 5.18. The molecule has 0 radical (unpaired) electrons. The maximum absolute atomic E-state index is 10.2. The number of aromatic nitrogens is 1. The molecule has 2 rings (SSSR count). The molecule has 1 aromatic rings.